The van der Waals surface area contributed by atoms with Crippen LogP contribution in [0.25, 0.3) is 5.57 Å². The van der Waals surface area contributed by atoms with E-state index in [1.807, 2.05) is 49.1 Å². The summed E-state index contributed by atoms with van der Waals surface area (Å²) in [5.41, 5.74) is 6.28. The lowest BCUT2D eigenvalue weighted by molar-refractivity contribution is -0.120. The molecule has 2 aliphatic rings. The molecule has 3 aromatic carbocycles. The number of carbonyl (C=O) groups excluding carboxylic acids is 2. The molecule has 160 valence electrons. The molecule has 0 unspecified atom stereocenters. The zero-order chi connectivity index (χ0) is 22.4. The molecule has 2 heterocycles. The van der Waals surface area contributed by atoms with E-state index in [0.29, 0.717) is 29.9 Å². The molecule has 0 bridgehead atoms. The highest BCUT2D eigenvalue weighted by Crippen LogP contribution is 2.37. The van der Waals surface area contributed by atoms with Gasteiger partial charge >= 0.3 is 0 Å². The summed E-state index contributed by atoms with van der Waals surface area (Å²) in [5.74, 6) is -1.32. The number of rotatable bonds is 3. The topological polar surface area (TPSA) is 40.6 Å². The third-order valence-corrected chi connectivity index (χ3v) is 6.37. The van der Waals surface area contributed by atoms with Crippen molar-refractivity contribution in [2.45, 2.75) is 26.8 Å². The lowest BCUT2D eigenvalue weighted by atomic mass is 9.96. The van der Waals surface area contributed by atoms with Crippen molar-refractivity contribution in [2.24, 2.45) is 0 Å². The fourth-order valence-corrected chi connectivity index (χ4v) is 4.50. The number of amides is 2. The van der Waals surface area contributed by atoms with E-state index in [4.69, 9.17) is 0 Å². The molecular formula is C27H23FN2O2. The predicted molar refractivity (Wildman–Crippen MR) is 122 cm³/mol. The van der Waals surface area contributed by atoms with Gasteiger partial charge in [0.15, 0.2) is 0 Å². The molecule has 0 atom stereocenters. The van der Waals surface area contributed by atoms with Crippen LogP contribution in [0.3, 0.4) is 0 Å². The normalized spacial score (nSPS) is 16.1. The molecule has 3 aromatic rings. The molecule has 2 amide bonds. The van der Waals surface area contributed by atoms with Crippen molar-refractivity contribution in [3.63, 3.8) is 0 Å². The minimum Gasteiger partial charge on any atom is -0.362 e. The first kappa shape index (κ1) is 20.2. The predicted octanol–water partition coefficient (Wildman–Crippen LogP) is 4.79. The van der Waals surface area contributed by atoms with Crippen LogP contribution in [0.4, 0.5) is 10.1 Å². The number of nitrogens with zero attached hydrogens (tertiary/aromatic N) is 2. The van der Waals surface area contributed by atoms with E-state index < -0.39 is 17.6 Å². The molecular weight excluding hydrogens is 403 g/mol. The van der Waals surface area contributed by atoms with Gasteiger partial charge in [0.25, 0.3) is 11.8 Å². The largest absolute Gasteiger partial charge is 0.362 e. The van der Waals surface area contributed by atoms with Crippen molar-refractivity contribution in [1.29, 1.82) is 0 Å². The molecule has 5 heteroatoms. The number of carbonyl (C=O) groups is 2. The molecule has 0 fully saturated rings. The van der Waals surface area contributed by atoms with Crippen molar-refractivity contribution in [1.82, 2.24) is 4.90 Å². The van der Waals surface area contributed by atoms with Crippen molar-refractivity contribution < 1.29 is 14.0 Å². The molecule has 0 N–H and O–H groups in total. The van der Waals surface area contributed by atoms with E-state index >= 15 is 0 Å². The van der Waals surface area contributed by atoms with Gasteiger partial charge in [-0.3, -0.25) is 9.59 Å². The Morgan fingerprint density at radius 2 is 1.59 bits per heavy atom. The van der Waals surface area contributed by atoms with E-state index in [2.05, 4.69) is 12.1 Å². The van der Waals surface area contributed by atoms with Crippen LogP contribution in [0.5, 0.6) is 0 Å². The van der Waals surface area contributed by atoms with Gasteiger partial charge in [0.1, 0.15) is 11.5 Å². The van der Waals surface area contributed by atoms with Gasteiger partial charge in [-0.05, 0) is 66.3 Å². The van der Waals surface area contributed by atoms with E-state index in [0.717, 1.165) is 28.0 Å². The summed E-state index contributed by atoms with van der Waals surface area (Å²) in [6.45, 7) is 5.19. The molecule has 0 aromatic heterocycles. The molecule has 0 radical (unpaired) electrons. The summed E-state index contributed by atoms with van der Waals surface area (Å²) in [4.78, 5) is 30.4. The highest BCUT2D eigenvalue weighted by molar-refractivity contribution is 6.45. The van der Waals surface area contributed by atoms with Crippen LogP contribution in [0, 0.1) is 19.7 Å². The van der Waals surface area contributed by atoms with Gasteiger partial charge in [-0.2, -0.15) is 0 Å². The minimum atomic E-state index is -0.490. The summed E-state index contributed by atoms with van der Waals surface area (Å²) < 4.78 is 13.9. The molecule has 4 nitrogen and oxygen atoms in total. The van der Waals surface area contributed by atoms with Crippen molar-refractivity contribution >= 4 is 23.1 Å². The average Bonchev–Trinajstić information content (AvgIpc) is 3.05. The lowest BCUT2D eigenvalue weighted by Crippen LogP contribution is -2.37. The molecule has 0 spiro atoms. The number of anilines is 1. The fraction of sp³-hybridized carbons (Fsp3) is 0.185. The van der Waals surface area contributed by atoms with Crippen LogP contribution >= 0.6 is 0 Å². The molecule has 0 saturated carbocycles. The van der Waals surface area contributed by atoms with Gasteiger partial charge in [-0.1, -0.05) is 48.5 Å². The zero-order valence-electron chi connectivity index (χ0n) is 18.1. The van der Waals surface area contributed by atoms with Crippen LogP contribution in [-0.4, -0.2) is 23.3 Å². The molecule has 2 aliphatic heterocycles. The number of imide groups is 1. The van der Waals surface area contributed by atoms with Crippen LogP contribution in [-0.2, 0) is 22.6 Å². The monoisotopic (exact) mass is 426 g/mol. The highest BCUT2D eigenvalue weighted by atomic mass is 19.1. The van der Waals surface area contributed by atoms with Crippen molar-refractivity contribution in [2.75, 3.05) is 11.4 Å². The summed E-state index contributed by atoms with van der Waals surface area (Å²) in [6.07, 6.45) is 0.793. The summed E-state index contributed by atoms with van der Waals surface area (Å²) in [5, 5.41) is 0. The van der Waals surface area contributed by atoms with Crippen LogP contribution in [0.1, 0.15) is 27.8 Å². The van der Waals surface area contributed by atoms with Gasteiger partial charge in [0, 0.05) is 13.1 Å². The van der Waals surface area contributed by atoms with Crippen molar-refractivity contribution in [3.8, 4) is 0 Å². The van der Waals surface area contributed by atoms with E-state index in [-0.39, 0.29) is 5.69 Å². The maximum atomic E-state index is 13.9. The first-order valence-electron chi connectivity index (χ1n) is 10.7. The standard InChI is InChI=1S/C27H23FN2O2/c1-17-10-11-20(14-18(17)2)24-25(29-13-12-19-6-3-4-7-21(19)16-29)27(32)30(26(24)31)23-9-5-8-22(28)15-23/h3-11,14-15H,12-13,16H2,1-2H3. The Bertz CT molecular complexity index is 1290. The summed E-state index contributed by atoms with van der Waals surface area (Å²) in [7, 11) is 0. The first-order valence-corrected chi connectivity index (χ1v) is 10.7. The smallest absolute Gasteiger partial charge is 0.282 e. The number of hydrogen-bond acceptors (Lipinski definition) is 3. The summed E-state index contributed by atoms with van der Waals surface area (Å²) >= 11 is 0. The maximum absolute atomic E-state index is 13.9. The Morgan fingerprint density at radius 3 is 2.34 bits per heavy atom. The quantitative estimate of drug-likeness (QED) is 0.566. The minimum absolute atomic E-state index is 0.244. The number of benzene rings is 3. The molecule has 32 heavy (non-hydrogen) atoms. The average molecular weight is 426 g/mol. The SMILES string of the molecule is Cc1ccc(C2=C(N3CCc4ccccc4C3)C(=O)N(c3cccc(F)c3)C2=O)cc1C. The van der Waals surface area contributed by atoms with Crippen LogP contribution in [0.2, 0.25) is 0 Å². The molecule has 5 rings (SSSR count). The van der Waals surface area contributed by atoms with Gasteiger partial charge in [0.05, 0.1) is 11.3 Å². The summed E-state index contributed by atoms with van der Waals surface area (Å²) in [6, 6.07) is 19.6. The van der Waals surface area contributed by atoms with E-state index in [9.17, 15) is 14.0 Å². The first-order chi connectivity index (χ1) is 15.4. The Morgan fingerprint density at radius 1 is 0.812 bits per heavy atom. The number of aryl methyl sites for hydroxylation is 2. The number of fused-ring (bicyclic) bond motifs is 1. The number of hydrogen-bond donors (Lipinski definition) is 0. The fourth-order valence-electron chi connectivity index (χ4n) is 4.50. The third kappa shape index (κ3) is 3.30. The van der Waals surface area contributed by atoms with Gasteiger partial charge in [-0.15, -0.1) is 0 Å². The molecule has 0 aliphatic carbocycles. The Hall–Kier alpha value is -3.73. The maximum Gasteiger partial charge on any atom is 0.282 e. The van der Waals surface area contributed by atoms with Crippen LogP contribution < -0.4 is 4.90 Å². The third-order valence-electron chi connectivity index (χ3n) is 6.37. The van der Waals surface area contributed by atoms with Gasteiger partial charge < -0.3 is 4.90 Å². The second kappa shape index (κ2) is 7.75. The Labute approximate surface area is 186 Å². The van der Waals surface area contributed by atoms with E-state index in [1.54, 1.807) is 6.07 Å². The van der Waals surface area contributed by atoms with Gasteiger partial charge in [0.2, 0.25) is 0 Å². The second-order valence-electron chi connectivity index (χ2n) is 8.39. The van der Waals surface area contributed by atoms with E-state index in [1.165, 1.54) is 23.8 Å². The highest BCUT2D eigenvalue weighted by Gasteiger charge is 2.43. The van der Waals surface area contributed by atoms with Crippen LogP contribution in [0.15, 0.2) is 72.4 Å². The molecule has 0 saturated heterocycles. The lowest BCUT2D eigenvalue weighted by Gasteiger charge is -2.31. The zero-order valence-corrected chi connectivity index (χ0v) is 18.1. The van der Waals surface area contributed by atoms with Crippen molar-refractivity contribution in [3.05, 3.63) is 106 Å². The number of halogens is 1. The Balaban J connectivity index is 1.64. The Kier molecular flexibility index (Phi) is 4.89. The van der Waals surface area contributed by atoms with Gasteiger partial charge in [-0.25, -0.2) is 9.29 Å². The second-order valence-corrected chi connectivity index (χ2v) is 8.39.